The van der Waals surface area contributed by atoms with Crippen LogP contribution in [0.5, 0.6) is 0 Å². The van der Waals surface area contributed by atoms with Crippen molar-refractivity contribution in [2.75, 3.05) is 5.73 Å². The number of anilines is 1. The minimum atomic E-state index is 0.427. The Morgan fingerprint density at radius 2 is 2.00 bits per heavy atom. The summed E-state index contributed by atoms with van der Waals surface area (Å²) in [5, 5.41) is 4.14. The second-order valence-corrected chi connectivity index (χ2v) is 7.25. The van der Waals surface area contributed by atoms with E-state index in [4.69, 9.17) is 10.3 Å². The molecular formula is C22H21N3OS. The van der Waals surface area contributed by atoms with E-state index in [0.29, 0.717) is 18.0 Å². The van der Waals surface area contributed by atoms with Gasteiger partial charge in [-0.2, -0.15) is 0 Å². The number of aromatic nitrogens is 2. The van der Waals surface area contributed by atoms with Gasteiger partial charge in [0.1, 0.15) is 5.82 Å². The molecule has 0 amide bonds. The second kappa shape index (κ2) is 9.05. The van der Waals surface area contributed by atoms with Gasteiger partial charge in [-0.1, -0.05) is 59.9 Å². The number of pyridine rings is 1. The Balaban J connectivity index is 1.70. The van der Waals surface area contributed by atoms with Crippen LogP contribution in [0, 0.1) is 0 Å². The fraction of sp³-hybridized carbons (Fsp3) is 0.0909. The van der Waals surface area contributed by atoms with E-state index < -0.39 is 0 Å². The Morgan fingerprint density at radius 3 is 2.74 bits per heavy atom. The smallest absolute Gasteiger partial charge is 0.170 e. The van der Waals surface area contributed by atoms with Gasteiger partial charge in [-0.3, -0.25) is 0 Å². The number of allylic oxidation sites excluding steroid dienone is 5. The Kier molecular flexibility index (Phi) is 6.28. The summed E-state index contributed by atoms with van der Waals surface area (Å²) in [6.07, 6.45) is 8.27. The van der Waals surface area contributed by atoms with Crippen molar-refractivity contribution in [3.8, 4) is 11.3 Å². The minimum Gasteiger partial charge on any atom is -0.383 e. The molecular weight excluding hydrogens is 354 g/mol. The molecule has 0 aliphatic carbocycles. The molecule has 0 fully saturated rings. The van der Waals surface area contributed by atoms with Gasteiger partial charge in [-0.25, -0.2) is 4.98 Å². The van der Waals surface area contributed by atoms with Crippen LogP contribution >= 0.6 is 11.8 Å². The molecule has 0 aliphatic rings. The van der Waals surface area contributed by atoms with Gasteiger partial charge in [-0.15, -0.1) is 0 Å². The van der Waals surface area contributed by atoms with Crippen molar-refractivity contribution in [1.29, 1.82) is 0 Å². The Bertz CT molecular complexity index is 974. The predicted octanol–water partition coefficient (Wildman–Crippen LogP) is 5.67. The van der Waals surface area contributed by atoms with Gasteiger partial charge in [-0.05, 0) is 41.7 Å². The fourth-order valence-corrected chi connectivity index (χ4v) is 3.29. The summed E-state index contributed by atoms with van der Waals surface area (Å²) < 4.78 is 5.43. The Labute approximate surface area is 163 Å². The van der Waals surface area contributed by atoms with E-state index in [1.807, 2.05) is 42.5 Å². The van der Waals surface area contributed by atoms with Crippen molar-refractivity contribution >= 4 is 17.6 Å². The normalized spacial score (nSPS) is 12.2. The first-order valence-corrected chi connectivity index (χ1v) is 9.36. The second-order valence-electron chi connectivity index (χ2n) is 5.93. The first-order valence-electron chi connectivity index (χ1n) is 8.55. The quantitative estimate of drug-likeness (QED) is 0.426. The maximum absolute atomic E-state index is 5.90. The summed E-state index contributed by atoms with van der Waals surface area (Å²) in [6, 6.07) is 15.9. The largest absolute Gasteiger partial charge is 0.383 e. The van der Waals surface area contributed by atoms with Crippen LogP contribution in [0.15, 0.2) is 99.4 Å². The molecule has 0 aliphatic heterocycles. The summed E-state index contributed by atoms with van der Waals surface area (Å²) in [7, 11) is 0. The molecule has 2 N–H and O–H groups in total. The van der Waals surface area contributed by atoms with Gasteiger partial charge in [0.15, 0.2) is 5.76 Å². The molecule has 27 heavy (non-hydrogen) atoms. The minimum absolute atomic E-state index is 0.427. The molecule has 1 aromatic carbocycles. The molecule has 0 bridgehead atoms. The van der Waals surface area contributed by atoms with Gasteiger partial charge < -0.3 is 10.3 Å². The van der Waals surface area contributed by atoms with E-state index in [-0.39, 0.29) is 0 Å². The predicted molar refractivity (Wildman–Crippen MR) is 112 cm³/mol. The van der Waals surface area contributed by atoms with Crippen molar-refractivity contribution in [1.82, 2.24) is 10.1 Å². The number of benzene rings is 1. The Morgan fingerprint density at radius 1 is 1.19 bits per heavy atom. The number of hydrogen-bond donors (Lipinski definition) is 1. The molecule has 2 aromatic heterocycles. The van der Waals surface area contributed by atoms with E-state index in [1.165, 1.54) is 9.80 Å². The monoisotopic (exact) mass is 375 g/mol. The fourth-order valence-electron chi connectivity index (χ4n) is 2.49. The van der Waals surface area contributed by atoms with Gasteiger partial charge in [0, 0.05) is 23.6 Å². The van der Waals surface area contributed by atoms with Gasteiger partial charge in [0.2, 0.25) is 0 Å². The van der Waals surface area contributed by atoms with Crippen LogP contribution in [-0.2, 0) is 6.42 Å². The average molecular weight is 375 g/mol. The average Bonchev–Trinajstić information content (AvgIpc) is 3.14. The van der Waals surface area contributed by atoms with E-state index >= 15 is 0 Å². The van der Waals surface area contributed by atoms with Crippen LogP contribution in [0.25, 0.3) is 11.3 Å². The first kappa shape index (κ1) is 18.7. The molecule has 4 nitrogen and oxygen atoms in total. The highest BCUT2D eigenvalue weighted by atomic mass is 32.2. The Hall–Kier alpha value is -3.05. The zero-order valence-corrected chi connectivity index (χ0v) is 15.9. The van der Waals surface area contributed by atoms with Crippen molar-refractivity contribution in [2.45, 2.75) is 18.2 Å². The number of nitrogens with two attached hydrogens (primary N) is 1. The number of nitrogen functional groups attached to an aromatic ring is 1. The van der Waals surface area contributed by atoms with Gasteiger partial charge >= 0.3 is 0 Å². The number of hydrogen-bond acceptors (Lipinski definition) is 5. The summed E-state index contributed by atoms with van der Waals surface area (Å²) in [4.78, 5) is 6.49. The topological polar surface area (TPSA) is 64.9 Å². The maximum Gasteiger partial charge on any atom is 0.170 e. The lowest BCUT2D eigenvalue weighted by molar-refractivity contribution is 0.425. The zero-order chi connectivity index (χ0) is 19.1. The molecule has 2 heterocycles. The molecule has 0 saturated heterocycles. The SMILES string of the molecule is C=C/C(=C\C=C(/C)Sc1ccccc1)Cc1cc(-c2cccnc2N)on1. The third-order valence-corrected chi connectivity index (χ3v) is 4.83. The molecule has 0 spiro atoms. The van der Waals surface area contributed by atoms with Crippen LogP contribution in [0.2, 0.25) is 0 Å². The molecule has 136 valence electrons. The van der Waals surface area contributed by atoms with Gasteiger partial charge in [0.25, 0.3) is 0 Å². The van der Waals surface area contributed by atoms with Crippen molar-refractivity contribution in [3.63, 3.8) is 0 Å². The highest BCUT2D eigenvalue weighted by Crippen LogP contribution is 2.27. The standard InChI is InChI=1S/C22H21N3OS/c1-3-17(12-11-16(2)27-19-8-5-4-6-9-19)14-18-15-21(26-25-18)20-10-7-13-24-22(20)23/h3-13,15H,1,14H2,2H3,(H2,23,24)/b16-11+,17-12+. The van der Waals surface area contributed by atoms with Crippen molar-refractivity contribution in [2.24, 2.45) is 0 Å². The summed E-state index contributed by atoms with van der Waals surface area (Å²) >= 11 is 1.73. The van der Waals surface area contributed by atoms with E-state index in [2.05, 4.69) is 47.9 Å². The summed E-state index contributed by atoms with van der Waals surface area (Å²) in [5.74, 6) is 1.04. The van der Waals surface area contributed by atoms with Crippen LogP contribution in [0.4, 0.5) is 5.82 Å². The van der Waals surface area contributed by atoms with Gasteiger partial charge in [0.05, 0.1) is 11.3 Å². The van der Waals surface area contributed by atoms with Crippen LogP contribution < -0.4 is 5.73 Å². The highest BCUT2D eigenvalue weighted by Gasteiger charge is 2.10. The molecule has 3 aromatic rings. The third-order valence-electron chi connectivity index (χ3n) is 3.86. The number of rotatable bonds is 7. The maximum atomic E-state index is 5.90. The number of nitrogens with zero attached hydrogens (tertiary/aromatic N) is 2. The third kappa shape index (κ3) is 5.21. The van der Waals surface area contributed by atoms with Crippen molar-refractivity contribution < 1.29 is 4.52 Å². The van der Waals surface area contributed by atoms with Crippen LogP contribution in [-0.4, -0.2) is 10.1 Å². The molecule has 0 radical (unpaired) electrons. The summed E-state index contributed by atoms with van der Waals surface area (Å²) in [5.41, 5.74) is 8.52. The van der Waals surface area contributed by atoms with Crippen LogP contribution in [0.1, 0.15) is 12.6 Å². The summed E-state index contributed by atoms with van der Waals surface area (Å²) in [6.45, 7) is 6.00. The molecule has 0 atom stereocenters. The molecule has 0 saturated carbocycles. The lowest BCUT2D eigenvalue weighted by Gasteiger charge is -2.01. The molecule has 0 unspecified atom stereocenters. The van der Waals surface area contributed by atoms with E-state index in [1.54, 1.807) is 18.0 Å². The molecule has 5 heteroatoms. The zero-order valence-electron chi connectivity index (χ0n) is 15.1. The number of thioether (sulfide) groups is 1. The highest BCUT2D eigenvalue weighted by molar-refractivity contribution is 8.03. The lowest BCUT2D eigenvalue weighted by atomic mass is 10.1. The first-order chi connectivity index (χ1) is 13.2. The van der Waals surface area contributed by atoms with E-state index in [9.17, 15) is 0 Å². The molecule has 3 rings (SSSR count). The lowest BCUT2D eigenvalue weighted by Crippen LogP contribution is -1.91. The van der Waals surface area contributed by atoms with Crippen molar-refractivity contribution in [3.05, 3.63) is 95.7 Å². The van der Waals surface area contributed by atoms with E-state index in [0.717, 1.165) is 16.8 Å². The van der Waals surface area contributed by atoms with Crippen LogP contribution in [0.3, 0.4) is 0 Å².